The fraction of sp³-hybridized carbons (Fsp3) is 0.348. The Morgan fingerprint density at radius 3 is 2.09 bits per heavy atom. The predicted molar refractivity (Wildman–Crippen MR) is 125 cm³/mol. The van der Waals surface area contributed by atoms with Crippen LogP contribution in [0.5, 0.6) is 0 Å². The molecule has 2 amide bonds. The van der Waals surface area contributed by atoms with Crippen molar-refractivity contribution in [2.75, 3.05) is 51.3 Å². The molecule has 2 aromatic carbocycles. The van der Waals surface area contributed by atoms with Gasteiger partial charge in [0.1, 0.15) is 19.2 Å². The van der Waals surface area contributed by atoms with E-state index in [9.17, 15) is 9.59 Å². The topological polar surface area (TPSA) is 120 Å². The Labute approximate surface area is 192 Å². The van der Waals surface area contributed by atoms with E-state index in [2.05, 4.69) is 26.6 Å². The Morgan fingerprint density at radius 2 is 1.48 bits per heavy atom. The van der Waals surface area contributed by atoms with Crippen molar-refractivity contribution in [1.29, 1.82) is 0 Å². The Bertz CT molecular complexity index is 1020. The maximum Gasteiger partial charge on any atom is 0.411 e. The maximum atomic E-state index is 11.8. The van der Waals surface area contributed by atoms with Gasteiger partial charge in [-0.2, -0.15) is 9.98 Å². The Kier molecular flexibility index (Phi) is 10.6. The third-order valence-corrected chi connectivity index (χ3v) is 4.28. The Balaban J connectivity index is 1.97. The van der Waals surface area contributed by atoms with Crippen molar-refractivity contribution < 1.29 is 28.5 Å². The van der Waals surface area contributed by atoms with E-state index in [1.165, 1.54) is 14.2 Å². The molecule has 0 heterocycles. The molecule has 0 fully saturated rings. The number of benzene rings is 2. The number of hydrogen-bond acceptors (Lipinski definition) is 8. The lowest BCUT2D eigenvalue weighted by Crippen LogP contribution is -2.16. The number of carbonyl (C=O) groups is 2. The van der Waals surface area contributed by atoms with E-state index < -0.39 is 12.2 Å². The average molecular weight is 456 g/mol. The molecule has 0 bridgehead atoms. The van der Waals surface area contributed by atoms with E-state index >= 15 is 0 Å². The number of nitrogens with one attached hydrogen (secondary N) is 2. The minimum absolute atomic E-state index is 0.176. The highest BCUT2D eigenvalue weighted by molar-refractivity contribution is 5.86. The number of rotatable bonds is 10. The lowest BCUT2D eigenvalue weighted by Gasteiger charge is -2.09. The summed E-state index contributed by atoms with van der Waals surface area (Å²) in [4.78, 5) is 31.9. The van der Waals surface area contributed by atoms with Gasteiger partial charge in [0, 0.05) is 25.6 Å². The SMILES string of the molecule is COCCOC(=O)Nc1ccc(N=C=Nc2ccc(NC(=O)OCCOC)c(C)c2)c(C)c1. The zero-order chi connectivity index (χ0) is 24.1. The second kappa shape index (κ2) is 13.6. The van der Waals surface area contributed by atoms with Crippen LogP contribution in [0.4, 0.5) is 32.3 Å². The molecule has 0 radical (unpaired) electrons. The van der Waals surface area contributed by atoms with Gasteiger partial charge in [0.2, 0.25) is 0 Å². The molecule has 2 N–H and O–H groups in total. The van der Waals surface area contributed by atoms with Gasteiger partial charge in [0.05, 0.1) is 24.6 Å². The van der Waals surface area contributed by atoms with Crippen molar-refractivity contribution in [1.82, 2.24) is 0 Å². The van der Waals surface area contributed by atoms with Crippen LogP contribution < -0.4 is 10.6 Å². The first kappa shape index (κ1) is 25.5. The molecule has 2 aromatic rings. The highest BCUT2D eigenvalue weighted by Gasteiger charge is 2.07. The second-order valence-electron chi connectivity index (χ2n) is 6.83. The molecule has 0 unspecified atom stereocenters. The molecule has 0 saturated carbocycles. The number of ether oxygens (including phenoxy) is 4. The van der Waals surface area contributed by atoms with Crippen LogP contribution in [0.25, 0.3) is 0 Å². The van der Waals surface area contributed by atoms with Gasteiger partial charge in [-0.3, -0.25) is 10.6 Å². The average Bonchev–Trinajstić information content (AvgIpc) is 2.77. The number of aryl methyl sites for hydroxylation is 2. The smallest absolute Gasteiger partial charge is 0.411 e. The summed E-state index contributed by atoms with van der Waals surface area (Å²) in [5, 5.41) is 5.31. The van der Waals surface area contributed by atoms with Crippen LogP contribution >= 0.6 is 0 Å². The van der Waals surface area contributed by atoms with E-state index in [4.69, 9.17) is 18.9 Å². The fourth-order valence-corrected chi connectivity index (χ4v) is 2.59. The van der Waals surface area contributed by atoms with Crippen molar-refractivity contribution in [2.45, 2.75) is 13.8 Å². The van der Waals surface area contributed by atoms with Gasteiger partial charge < -0.3 is 18.9 Å². The molecular weight excluding hydrogens is 428 g/mol. The Morgan fingerprint density at radius 1 is 0.818 bits per heavy atom. The summed E-state index contributed by atoms with van der Waals surface area (Å²) < 4.78 is 19.6. The quantitative estimate of drug-likeness (QED) is 0.390. The summed E-state index contributed by atoms with van der Waals surface area (Å²) in [5.74, 6) is 0. The van der Waals surface area contributed by atoms with Crippen LogP contribution in [0.3, 0.4) is 0 Å². The highest BCUT2D eigenvalue weighted by atomic mass is 16.6. The zero-order valence-electron chi connectivity index (χ0n) is 19.1. The molecule has 0 aromatic heterocycles. The minimum Gasteiger partial charge on any atom is -0.447 e. The lowest BCUT2D eigenvalue weighted by molar-refractivity contribution is 0.107. The van der Waals surface area contributed by atoms with Crippen LogP contribution in [0, 0.1) is 13.8 Å². The number of hydrogen-bond donors (Lipinski definition) is 2. The van der Waals surface area contributed by atoms with E-state index in [0.29, 0.717) is 36.0 Å². The summed E-state index contributed by atoms with van der Waals surface area (Å²) >= 11 is 0. The summed E-state index contributed by atoms with van der Waals surface area (Å²) in [6, 6.07) is 13.2. The predicted octanol–water partition coefficient (Wildman–Crippen LogP) is 4.83. The summed E-state index contributed by atoms with van der Waals surface area (Å²) in [5.41, 5.74) is 4.13. The summed E-state index contributed by atoms with van der Waals surface area (Å²) in [6.45, 7) is 4.72. The summed E-state index contributed by atoms with van der Waals surface area (Å²) in [6.07, 6.45) is -1.11. The molecule has 0 saturated heterocycles. The molecule has 2 rings (SSSR count). The van der Waals surface area contributed by atoms with Crippen LogP contribution in [0.1, 0.15) is 11.1 Å². The zero-order valence-corrected chi connectivity index (χ0v) is 19.1. The number of amides is 2. The van der Waals surface area contributed by atoms with Gasteiger partial charge in [-0.05, 0) is 61.4 Å². The van der Waals surface area contributed by atoms with Crippen molar-refractivity contribution in [3.05, 3.63) is 47.5 Å². The largest absolute Gasteiger partial charge is 0.447 e. The van der Waals surface area contributed by atoms with Crippen LogP contribution in [0.15, 0.2) is 46.4 Å². The molecule has 0 aliphatic heterocycles. The van der Waals surface area contributed by atoms with Crippen LogP contribution in [-0.4, -0.2) is 58.8 Å². The van der Waals surface area contributed by atoms with E-state index in [1.807, 2.05) is 13.8 Å². The monoisotopic (exact) mass is 456 g/mol. The first-order valence-electron chi connectivity index (χ1n) is 10.2. The van der Waals surface area contributed by atoms with E-state index in [-0.39, 0.29) is 13.2 Å². The van der Waals surface area contributed by atoms with E-state index in [1.54, 1.807) is 36.4 Å². The third kappa shape index (κ3) is 9.12. The molecule has 10 nitrogen and oxygen atoms in total. The van der Waals surface area contributed by atoms with Crippen LogP contribution in [-0.2, 0) is 18.9 Å². The van der Waals surface area contributed by atoms with Gasteiger partial charge in [-0.15, -0.1) is 0 Å². The van der Waals surface area contributed by atoms with Gasteiger partial charge in [0.15, 0.2) is 0 Å². The molecule has 33 heavy (non-hydrogen) atoms. The third-order valence-electron chi connectivity index (χ3n) is 4.28. The standard InChI is InChI=1S/C23H28N4O6/c1-16-14-19(26-22(28)32-11-9-30-3)6-7-20(16)25-15-24-18-5-8-21(17(2)13-18)27-23(29)33-12-10-31-4/h5-8,13-14H,9-12H2,1-4H3,(H,26,28)(H,27,29). The van der Waals surface area contributed by atoms with Gasteiger partial charge >= 0.3 is 12.2 Å². The lowest BCUT2D eigenvalue weighted by atomic mass is 10.2. The van der Waals surface area contributed by atoms with E-state index in [0.717, 1.165) is 11.1 Å². The van der Waals surface area contributed by atoms with Gasteiger partial charge in [-0.1, -0.05) is 0 Å². The number of methoxy groups -OCH3 is 2. The van der Waals surface area contributed by atoms with Crippen molar-refractivity contribution in [3.8, 4) is 0 Å². The second-order valence-corrected chi connectivity index (χ2v) is 6.83. The minimum atomic E-state index is -0.555. The number of aliphatic imine (C=N–C) groups is 2. The first-order valence-corrected chi connectivity index (χ1v) is 10.2. The fourth-order valence-electron chi connectivity index (χ4n) is 2.59. The number of carbonyl (C=O) groups excluding carboxylic acids is 2. The van der Waals surface area contributed by atoms with Gasteiger partial charge in [0.25, 0.3) is 0 Å². The van der Waals surface area contributed by atoms with Crippen LogP contribution in [0.2, 0.25) is 0 Å². The van der Waals surface area contributed by atoms with Crippen molar-refractivity contribution >= 4 is 40.9 Å². The molecule has 0 aliphatic carbocycles. The number of anilines is 2. The number of nitrogens with zero attached hydrogens (tertiary/aromatic N) is 2. The molecule has 0 aliphatic rings. The Hall–Kier alpha value is -3.72. The molecule has 10 heteroatoms. The molecule has 0 atom stereocenters. The van der Waals surface area contributed by atoms with Crippen molar-refractivity contribution in [2.24, 2.45) is 9.98 Å². The molecule has 176 valence electrons. The molecular formula is C23H28N4O6. The van der Waals surface area contributed by atoms with Crippen molar-refractivity contribution in [3.63, 3.8) is 0 Å². The normalized spacial score (nSPS) is 10.1. The van der Waals surface area contributed by atoms with Gasteiger partial charge in [-0.25, -0.2) is 9.59 Å². The summed E-state index contributed by atoms with van der Waals surface area (Å²) in [7, 11) is 3.07. The maximum absolute atomic E-state index is 11.8. The highest BCUT2D eigenvalue weighted by Crippen LogP contribution is 2.23. The first-order chi connectivity index (χ1) is 15.9. The molecule has 0 spiro atoms.